The second kappa shape index (κ2) is 7.71. The molecule has 0 radical (unpaired) electrons. The summed E-state index contributed by atoms with van der Waals surface area (Å²) in [6.07, 6.45) is -1.51. The normalized spacial score (nSPS) is 14.9. The molecule has 9 heteroatoms. The van der Waals surface area contributed by atoms with Crippen molar-refractivity contribution in [2.75, 3.05) is 36.4 Å². The molecule has 1 fully saturated rings. The molecule has 0 aliphatic carbocycles. The lowest BCUT2D eigenvalue weighted by Gasteiger charge is -2.35. The predicted octanol–water partition coefficient (Wildman–Crippen LogP) is 4.04. The van der Waals surface area contributed by atoms with Crippen LogP contribution in [0.4, 0.5) is 21.1 Å². The van der Waals surface area contributed by atoms with Crippen LogP contribution in [-0.2, 0) is 4.74 Å². The van der Waals surface area contributed by atoms with Gasteiger partial charge in [-0.05, 0) is 39.0 Å². The molecule has 1 aliphatic heterocycles. The fourth-order valence-electron chi connectivity index (χ4n) is 3.06. The number of amides is 2. The number of anilines is 2. The summed E-state index contributed by atoms with van der Waals surface area (Å²) in [5, 5.41) is 13.2. The van der Waals surface area contributed by atoms with E-state index in [1.165, 1.54) is 4.90 Å². The van der Waals surface area contributed by atoms with Crippen molar-refractivity contribution in [2.45, 2.75) is 26.4 Å². The van der Waals surface area contributed by atoms with Crippen LogP contribution in [0.5, 0.6) is 0 Å². The lowest BCUT2D eigenvalue weighted by molar-refractivity contribution is 0.0635. The van der Waals surface area contributed by atoms with Gasteiger partial charge in [0.15, 0.2) is 0 Å². The number of carbonyl (C=O) groups is 2. The van der Waals surface area contributed by atoms with E-state index in [0.29, 0.717) is 42.5 Å². The second-order valence-corrected chi connectivity index (χ2v) is 8.01. The first-order chi connectivity index (χ1) is 13.1. The van der Waals surface area contributed by atoms with Crippen molar-refractivity contribution in [3.05, 3.63) is 29.3 Å². The van der Waals surface area contributed by atoms with E-state index < -0.39 is 17.8 Å². The average Bonchev–Trinajstić information content (AvgIpc) is 2.59. The summed E-state index contributed by atoms with van der Waals surface area (Å²) in [4.78, 5) is 31.3. The van der Waals surface area contributed by atoms with Crippen LogP contribution in [0.3, 0.4) is 0 Å². The molecule has 28 heavy (non-hydrogen) atoms. The third-order valence-corrected chi connectivity index (χ3v) is 4.51. The van der Waals surface area contributed by atoms with Gasteiger partial charge in [0.05, 0.1) is 5.52 Å². The Balaban J connectivity index is 1.92. The molecule has 0 unspecified atom stereocenters. The fraction of sp³-hybridized carbons (Fsp3) is 0.421. The first-order valence-corrected chi connectivity index (χ1v) is 9.33. The van der Waals surface area contributed by atoms with Gasteiger partial charge in [-0.1, -0.05) is 11.6 Å². The molecule has 0 bridgehead atoms. The maximum absolute atomic E-state index is 12.2. The number of ether oxygens (including phenoxy) is 1. The lowest BCUT2D eigenvalue weighted by Crippen LogP contribution is -2.48. The third-order valence-electron chi connectivity index (χ3n) is 4.27. The number of aromatic nitrogens is 1. The SMILES string of the molecule is CC(C)(C)OC(=O)Nc1cc(N2CCN(C(=O)O)CC2)c2ccc(Cl)cc2n1. The Morgan fingerprint density at radius 1 is 1.18 bits per heavy atom. The minimum Gasteiger partial charge on any atom is -0.465 e. The first kappa shape index (κ1) is 20.0. The van der Waals surface area contributed by atoms with Gasteiger partial charge in [0.1, 0.15) is 11.4 Å². The summed E-state index contributed by atoms with van der Waals surface area (Å²) in [6.45, 7) is 7.25. The zero-order chi connectivity index (χ0) is 20.5. The van der Waals surface area contributed by atoms with E-state index in [1.54, 1.807) is 39.0 Å². The van der Waals surface area contributed by atoms with Crippen molar-refractivity contribution in [3.63, 3.8) is 0 Å². The van der Waals surface area contributed by atoms with Crippen molar-refractivity contribution in [2.24, 2.45) is 0 Å². The summed E-state index contributed by atoms with van der Waals surface area (Å²) in [5.41, 5.74) is 0.870. The molecular weight excluding hydrogens is 384 g/mol. The molecule has 2 aromatic rings. The minimum absolute atomic E-state index is 0.347. The number of hydrogen-bond acceptors (Lipinski definition) is 5. The number of nitrogens with zero attached hydrogens (tertiary/aromatic N) is 3. The van der Waals surface area contributed by atoms with Gasteiger partial charge in [-0.25, -0.2) is 14.6 Å². The van der Waals surface area contributed by atoms with E-state index >= 15 is 0 Å². The maximum Gasteiger partial charge on any atom is 0.413 e. The van der Waals surface area contributed by atoms with E-state index in [2.05, 4.69) is 15.2 Å². The van der Waals surface area contributed by atoms with Gasteiger partial charge in [0, 0.05) is 48.3 Å². The Bertz CT molecular complexity index is 905. The summed E-state index contributed by atoms with van der Waals surface area (Å²) in [7, 11) is 0. The number of carboxylic acid groups (broad SMARTS) is 1. The van der Waals surface area contributed by atoms with Crippen LogP contribution in [-0.4, -0.2) is 59.0 Å². The number of fused-ring (bicyclic) bond motifs is 1. The number of piperazine rings is 1. The zero-order valence-corrected chi connectivity index (χ0v) is 16.8. The van der Waals surface area contributed by atoms with Crippen LogP contribution in [0.1, 0.15) is 20.8 Å². The Morgan fingerprint density at radius 3 is 2.46 bits per heavy atom. The van der Waals surface area contributed by atoms with Gasteiger partial charge < -0.3 is 19.6 Å². The summed E-state index contributed by atoms with van der Waals surface area (Å²) < 4.78 is 5.30. The highest BCUT2D eigenvalue weighted by molar-refractivity contribution is 6.31. The quantitative estimate of drug-likeness (QED) is 0.781. The highest BCUT2D eigenvalue weighted by Gasteiger charge is 2.23. The third kappa shape index (κ3) is 4.75. The van der Waals surface area contributed by atoms with Crippen LogP contribution in [0.2, 0.25) is 5.02 Å². The summed E-state index contributed by atoms with van der Waals surface area (Å²) in [6, 6.07) is 7.16. The Labute approximate surface area is 168 Å². The molecule has 0 atom stereocenters. The number of benzene rings is 1. The number of nitrogens with one attached hydrogen (secondary N) is 1. The predicted molar refractivity (Wildman–Crippen MR) is 108 cm³/mol. The Hall–Kier alpha value is -2.74. The van der Waals surface area contributed by atoms with E-state index in [1.807, 2.05) is 6.07 Å². The second-order valence-electron chi connectivity index (χ2n) is 7.57. The smallest absolute Gasteiger partial charge is 0.413 e. The molecule has 2 heterocycles. The molecule has 1 saturated heterocycles. The van der Waals surface area contributed by atoms with Gasteiger partial charge in [0.2, 0.25) is 0 Å². The van der Waals surface area contributed by atoms with E-state index in [9.17, 15) is 9.59 Å². The standard InChI is InChI=1S/C19H23ClN4O4/c1-19(2,3)28-17(25)22-16-11-15(13-5-4-12(20)10-14(13)21-16)23-6-8-24(9-7-23)18(26)27/h4-5,10-11H,6-9H2,1-3H3,(H,26,27)(H,21,22,25). The van der Waals surface area contributed by atoms with Gasteiger partial charge in [-0.2, -0.15) is 0 Å². The van der Waals surface area contributed by atoms with Gasteiger partial charge in [-0.3, -0.25) is 5.32 Å². The minimum atomic E-state index is -0.918. The summed E-state index contributed by atoms with van der Waals surface area (Å²) >= 11 is 6.12. The van der Waals surface area contributed by atoms with E-state index in [0.717, 1.165) is 11.1 Å². The molecule has 8 nitrogen and oxygen atoms in total. The van der Waals surface area contributed by atoms with Crippen molar-refractivity contribution < 1.29 is 19.4 Å². The topological polar surface area (TPSA) is 95.0 Å². The number of rotatable bonds is 2. The molecule has 2 amide bonds. The lowest BCUT2D eigenvalue weighted by atomic mass is 10.1. The Kier molecular flexibility index (Phi) is 5.51. The van der Waals surface area contributed by atoms with Gasteiger partial charge in [0.25, 0.3) is 0 Å². The molecular formula is C19H23ClN4O4. The highest BCUT2D eigenvalue weighted by atomic mass is 35.5. The molecule has 1 aromatic heterocycles. The largest absolute Gasteiger partial charge is 0.465 e. The number of hydrogen-bond donors (Lipinski definition) is 2. The molecule has 2 N–H and O–H groups in total. The number of halogens is 1. The maximum atomic E-state index is 12.2. The van der Waals surface area contributed by atoms with Crippen molar-refractivity contribution >= 4 is 46.2 Å². The molecule has 3 rings (SSSR count). The molecule has 0 saturated carbocycles. The van der Waals surface area contributed by atoms with Gasteiger partial charge >= 0.3 is 12.2 Å². The molecule has 1 aliphatic rings. The average molecular weight is 407 g/mol. The summed E-state index contributed by atoms with van der Waals surface area (Å²) in [5.74, 6) is 0.347. The van der Waals surface area contributed by atoms with Crippen LogP contribution in [0.15, 0.2) is 24.3 Å². The first-order valence-electron chi connectivity index (χ1n) is 8.95. The van der Waals surface area contributed by atoms with E-state index in [-0.39, 0.29) is 0 Å². The zero-order valence-electron chi connectivity index (χ0n) is 16.0. The van der Waals surface area contributed by atoms with Crippen LogP contribution >= 0.6 is 11.6 Å². The molecule has 150 valence electrons. The van der Waals surface area contributed by atoms with Crippen molar-refractivity contribution in [3.8, 4) is 0 Å². The highest BCUT2D eigenvalue weighted by Crippen LogP contribution is 2.31. The van der Waals surface area contributed by atoms with Crippen molar-refractivity contribution in [1.29, 1.82) is 0 Å². The monoisotopic (exact) mass is 406 g/mol. The molecule has 1 aromatic carbocycles. The van der Waals surface area contributed by atoms with Crippen LogP contribution in [0.25, 0.3) is 10.9 Å². The number of pyridine rings is 1. The Morgan fingerprint density at radius 2 is 1.86 bits per heavy atom. The number of carbonyl (C=O) groups excluding carboxylic acids is 1. The molecule has 0 spiro atoms. The van der Waals surface area contributed by atoms with E-state index in [4.69, 9.17) is 21.4 Å². The van der Waals surface area contributed by atoms with Gasteiger partial charge in [-0.15, -0.1) is 0 Å². The van der Waals surface area contributed by atoms with Crippen LogP contribution < -0.4 is 10.2 Å². The van der Waals surface area contributed by atoms with Crippen LogP contribution in [0, 0.1) is 0 Å². The van der Waals surface area contributed by atoms with Crippen molar-refractivity contribution in [1.82, 2.24) is 9.88 Å². The fourth-order valence-corrected chi connectivity index (χ4v) is 3.22.